The predicted octanol–water partition coefficient (Wildman–Crippen LogP) is 1.52. The van der Waals surface area contributed by atoms with E-state index in [1.54, 1.807) is 0 Å². The van der Waals surface area contributed by atoms with E-state index in [0.717, 1.165) is 25.7 Å². The third-order valence-corrected chi connectivity index (χ3v) is 3.48. The lowest BCUT2D eigenvalue weighted by molar-refractivity contribution is -0.150. The van der Waals surface area contributed by atoms with Gasteiger partial charge in [-0.3, -0.25) is 10.1 Å². The van der Waals surface area contributed by atoms with Crippen molar-refractivity contribution >= 4 is 17.9 Å². The highest BCUT2D eigenvalue weighted by Gasteiger charge is 2.18. The Kier molecular flexibility index (Phi) is 6.53. The molecule has 24 heavy (non-hydrogen) atoms. The summed E-state index contributed by atoms with van der Waals surface area (Å²) in [6.45, 7) is -1.00. The molecule has 0 unspecified atom stereocenters. The lowest BCUT2D eigenvalue weighted by atomic mass is 10.2. The highest BCUT2D eigenvalue weighted by molar-refractivity contribution is 5.95. The van der Waals surface area contributed by atoms with Gasteiger partial charge < -0.3 is 14.8 Å². The zero-order chi connectivity index (χ0) is 17.4. The molecule has 0 saturated heterocycles. The van der Waals surface area contributed by atoms with Crippen LogP contribution < -0.4 is 15.4 Å². The van der Waals surface area contributed by atoms with Crippen LogP contribution in [-0.4, -0.2) is 37.2 Å². The second-order valence-electron chi connectivity index (χ2n) is 5.41. The van der Waals surface area contributed by atoms with E-state index in [0.29, 0.717) is 5.75 Å². The number of amides is 3. The van der Waals surface area contributed by atoms with Gasteiger partial charge in [0.1, 0.15) is 11.6 Å². The Morgan fingerprint density at radius 1 is 1.08 bits per heavy atom. The Bertz CT molecular complexity index is 585. The van der Waals surface area contributed by atoms with Gasteiger partial charge in [-0.15, -0.1) is 0 Å². The number of rotatable bonds is 6. The topological polar surface area (TPSA) is 93.7 Å². The largest absolute Gasteiger partial charge is 0.482 e. The fourth-order valence-electron chi connectivity index (χ4n) is 2.32. The summed E-state index contributed by atoms with van der Waals surface area (Å²) in [6, 6.07) is 4.61. The minimum atomic E-state index is -0.773. The van der Waals surface area contributed by atoms with Crippen molar-refractivity contribution < 1.29 is 28.2 Å². The molecule has 8 heteroatoms. The molecule has 7 nitrogen and oxygen atoms in total. The van der Waals surface area contributed by atoms with Crippen LogP contribution in [-0.2, 0) is 14.3 Å². The van der Waals surface area contributed by atoms with E-state index in [1.807, 2.05) is 0 Å². The number of hydrogen-bond donors (Lipinski definition) is 2. The van der Waals surface area contributed by atoms with Crippen LogP contribution in [0, 0.1) is 5.82 Å². The van der Waals surface area contributed by atoms with Gasteiger partial charge in [0.05, 0.1) is 0 Å². The molecule has 1 aliphatic rings. The van der Waals surface area contributed by atoms with Gasteiger partial charge in [-0.05, 0) is 37.1 Å². The maximum absolute atomic E-state index is 12.7. The van der Waals surface area contributed by atoms with Gasteiger partial charge in [0.25, 0.3) is 5.91 Å². The number of carbonyl (C=O) groups excluding carboxylic acids is 3. The molecule has 0 atom stereocenters. The summed E-state index contributed by atoms with van der Waals surface area (Å²) in [5, 5.41) is 4.78. The van der Waals surface area contributed by atoms with Crippen molar-refractivity contribution in [3.8, 4) is 5.75 Å². The normalized spacial score (nSPS) is 14.0. The van der Waals surface area contributed by atoms with Crippen molar-refractivity contribution in [3.63, 3.8) is 0 Å². The van der Waals surface area contributed by atoms with Crippen LogP contribution in [0.4, 0.5) is 9.18 Å². The fraction of sp³-hybridized carbons (Fsp3) is 0.438. The summed E-state index contributed by atoms with van der Waals surface area (Å²) >= 11 is 0. The van der Waals surface area contributed by atoms with E-state index in [2.05, 4.69) is 10.6 Å². The molecule has 0 heterocycles. The van der Waals surface area contributed by atoms with Crippen molar-refractivity contribution in [2.45, 2.75) is 31.7 Å². The minimum Gasteiger partial charge on any atom is -0.482 e. The van der Waals surface area contributed by atoms with Crippen LogP contribution in [0.15, 0.2) is 24.3 Å². The summed E-state index contributed by atoms with van der Waals surface area (Å²) in [5.41, 5.74) is 0. The minimum absolute atomic E-state index is 0.0875. The van der Waals surface area contributed by atoms with Crippen LogP contribution >= 0.6 is 0 Å². The molecule has 2 rings (SSSR count). The molecular weight excluding hydrogens is 319 g/mol. The molecule has 1 saturated carbocycles. The first-order chi connectivity index (χ1) is 11.5. The van der Waals surface area contributed by atoms with Gasteiger partial charge in [-0.2, -0.15) is 0 Å². The number of benzene rings is 1. The standard InChI is InChI=1S/C16H19FN2O5/c17-11-5-7-13(8-6-11)23-10-15(21)24-9-14(20)19-16(22)18-12-3-1-2-4-12/h5-8,12H,1-4,9-10H2,(H2,18,19,20,22). The quantitative estimate of drug-likeness (QED) is 0.767. The first-order valence-corrected chi connectivity index (χ1v) is 7.67. The monoisotopic (exact) mass is 338 g/mol. The van der Waals surface area contributed by atoms with Crippen molar-refractivity contribution in [1.29, 1.82) is 0 Å². The smallest absolute Gasteiger partial charge is 0.344 e. The van der Waals surface area contributed by atoms with E-state index in [4.69, 9.17) is 9.47 Å². The number of halogens is 1. The SMILES string of the molecule is O=C(COC(=O)COc1ccc(F)cc1)NC(=O)NC1CCCC1. The molecule has 1 aromatic carbocycles. The Morgan fingerprint density at radius 2 is 1.75 bits per heavy atom. The maximum atomic E-state index is 12.7. The zero-order valence-electron chi connectivity index (χ0n) is 13.0. The molecule has 1 aliphatic carbocycles. The molecule has 0 aromatic heterocycles. The molecule has 0 radical (unpaired) electrons. The van der Waals surface area contributed by atoms with Gasteiger partial charge in [0.2, 0.25) is 0 Å². The van der Waals surface area contributed by atoms with E-state index in [-0.39, 0.29) is 6.04 Å². The van der Waals surface area contributed by atoms with Crippen LogP contribution in [0.25, 0.3) is 0 Å². The molecule has 1 aromatic rings. The molecule has 2 N–H and O–H groups in total. The summed E-state index contributed by atoms with van der Waals surface area (Å²) in [6.07, 6.45) is 3.92. The first-order valence-electron chi connectivity index (χ1n) is 7.67. The van der Waals surface area contributed by atoms with Crippen LogP contribution in [0.2, 0.25) is 0 Å². The number of urea groups is 1. The summed E-state index contributed by atoms with van der Waals surface area (Å²) in [5.74, 6) is -1.61. The molecule has 0 spiro atoms. The molecule has 130 valence electrons. The summed E-state index contributed by atoms with van der Waals surface area (Å²) in [7, 11) is 0. The number of nitrogens with one attached hydrogen (secondary N) is 2. The zero-order valence-corrected chi connectivity index (χ0v) is 13.0. The predicted molar refractivity (Wildman–Crippen MR) is 81.8 cm³/mol. The third kappa shape index (κ3) is 6.23. The molecular formula is C16H19FN2O5. The van der Waals surface area contributed by atoms with E-state index in [1.165, 1.54) is 24.3 Å². The number of imide groups is 1. The second kappa shape index (κ2) is 8.85. The molecule has 3 amide bonds. The van der Waals surface area contributed by atoms with Gasteiger partial charge in [0, 0.05) is 6.04 Å². The number of esters is 1. The number of carbonyl (C=O) groups is 3. The van der Waals surface area contributed by atoms with Crippen molar-refractivity contribution in [3.05, 3.63) is 30.1 Å². The van der Waals surface area contributed by atoms with Crippen LogP contribution in [0.1, 0.15) is 25.7 Å². The van der Waals surface area contributed by atoms with E-state index < -0.39 is 36.9 Å². The molecule has 1 fully saturated rings. The van der Waals surface area contributed by atoms with Crippen LogP contribution in [0.5, 0.6) is 5.75 Å². The summed E-state index contributed by atoms with van der Waals surface area (Å²) < 4.78 is 22.5. The van der Waals surface area contributed by atoms with Gasteiger partial charge in [-0.25, -0.2) is 14.0 Å². The van der Waals surface area contributed by atoms with Crippen LogP contribution in [0.3, 0.4) is 0 Å². The third-order valence-electron chi connectivity index (χ3n) is 3.48. The van der Waals surface area contributed by atoms with Crippen molar-refractivity contribution in [2.24, 2.45) is 0 Å². The maximum Gasteiger partial charge on any atom is 0.344 e. The average molecular weight is 338 g/mol. The van der Waals surface area contributed by atoms with Gasteiger partial charge >= 0.3 is 12.0 Å². The van der Waals surface area contributed by atoms with E-state index in [9.17, 15) is 18.8 Å². The second-order valence-corrected chi connectivity index (χ2v) is 5.41. The average Bonchev–Trinajstić information content (AvgIpc) is 3.05. The van der Waals surface area contributed by atoms with Crippen molar-refractivity contribution in [2.75, 3.05) is 13.2 Å². The Balaban J connectivity index is 1.60. The van der Waals surface area contributed by atoms with Crippen molar-refractivity contribution in [1.82, 2.24) is 10.6 Å². The highest BCUT2D eigenvalue weighted by Crippen LogP contribution is 2.17. The van der Waals surface area contributed by atoms with Gasteiger partial charge in [0.15, 0.2) is 13.2 Å². The molecule has 0 aliphatic heterocycles. The van der Waals surface area contributed by atoms with E-state index >= 15 is 0 Å². The van der Waals surface area contributed by atoms with Gasteiger partial charge in [-0.1, -0.05) is 12.8 Å². The molecule has 0 bridgehead atoms. The Hall–Kier alpha value is -2.64. The lowest BCUT2D eigenvalue weighted by Gasteiger charge is -2.12. The Morgan fingerprint density at radius 3 is 2.42 bits per heavy atom. The number of ether oxygens (including phenoxy) is 2. The number of hydrogen-bond acceptors (Lipinski definition) is 5. The lowest BCUT2D eigenvalue weighted by Crippen LogP contribution is -2.45. The Labute approximate surface area is 138 Å². The summed E-state index contributed by atoms with van der Waals surface area (Å²) in [4.78, 5) is 34.5. The highest BCUT2D eigenvalue weighted by atomic mass is 19.1. The first kappa shape index (κ1) is 17.7. The fourth-order valence-corrected chi connectivity index (χ4v) is 2.32.